The Hall–Kier alpha value is -2.08. The molecule has 6 nitrogen and oxygen atoms in total. The number of piperazine rings is 1. The molecule has 0 aliphatic carbocycles. The van der Waals surface area contributed by atoms with Gasteiger partial charge in [0, 0.05) is 39.3 Å². The van der Waals surface area contributed by atoms with Gasteiger partial charge >= 0.3 is 0 Å². The number of hydrogen-bond donors (Lipinski definition) is 1. The monoisotopic (exact) mass is 372 g/mol. The third kappa shape index (κ3) is 5.01. The van der Waals surface area contributed by atoms with Crippen LogP contribution in [0.25, 0.3) is 0 Å². The van der Waals surface area contributed by atoms with Crippen LogP contribution in [0.1, 0.15) is 37.8 Å². The fourth-order valence-corrected chi connectivity index (χ4v) is 3.76. The maximum atomic E-state index is 12.5. The highest BCUT2D eigenvalue weighted by Crippen LogP contribution is 2.16. The summed E-state index contributed by atoms with van der Waals surface area (Å²) >= 11 is 0. The Morgan fingerprint density at radius 3 is 2.48 bits per heavy atom. The zero-order chi connectivity index (χ0) is 19.1. The number of aryl methyl sites for hydroxylation is 1. The molecule has 2 fully saturated rings. The number of nitrogens with one attached hydrogen (secondary N) is 1. The van der Waals surface area contributed by atoms with Gasteiger partial charge in [-0.25, -0.2) is 4.99 Å². The summed E-state index contributed by atoms with van der Waals surface area (Å²) in [7, 11) is 0. The molecule has 3 rings (SSSR count). The van der Waals surface area contributed by atoms with Gasteiger partial charge in [-0.3, -0.25) is 4.79 Å². The SMILES string of the molecule is CCNC(=NCc1ccccc1CC)N1CCN(C(=O)C2CCCO2)CC1. The number of aliphatic imine (C=N–C) groups is 1. The molecule has 0 bridgehead atoms. The summed E-state index contributed by atoms with van der Waals surface area (Å²) in [5.74, 6) is 1.10. The van der Waals surface area contributed by atoms with E-state index >= 15 is 0 Å². The van der Waals surface area contributed by atoms with Crippen molar-refractivity contribution >= 4 is 11.9 Å². The lowest BCUT2D eigenvalue weighted by molar-refractivity contribution is -0.142. The van der Waals surface area contributed by atoms with Crippen molar-refractivity contribution in [2.75, 3.05) is 39.3 Å². The van der Waals surface area contributed by atoms with Crippen molar-refractivity contribution in [3.05, 3.63) is 35.4 Å². The molecular formula is C21H32N4O2. The fraction of sp³-hybridized carbons (Fsp3) is 0.619. The molecule has 1 aromatic rings. The van der Waals surface area contributed by atoms with E-state index in [-0.39, 0.29) is 12.0 Å². The molecule has 0 spiro atoms. The third-order valence-corrected chi connectivity index (χ3v) is 5.33. The van der Waals surface area contributed by atoms with E-state index < -0.39 is 0 Å². The fourth-order valence-electron chi connectivity index (χ4n) is 3.76. The summed E-state index contributed by atoms with van der Waals surface area (Å²) in [5, 5.41) is 3.41. The summed E-state index contributed by atoms with van der Waals surface area (Å²) < 4.78 is 5.55. The van der Waals surface area contributed by atoms with Crippen molar-refractivity contribution in [2.24, 2.45) is 4.99 Å². The first-order valence-electron chi connectivity index (χ1n) is 10.2. The van der Waals surface area contributed by atoms with Gasteiger partial charge in [0.15, 0.2) is 5.96 Å². The quantitative estimate of drug-likeness (QED) is 0.635. The number of ether oxygens (including phenoxy) is 1. The first kappa shape index (κ1) is 19.7. The van der Waals surface area contributed by atoms with E-state index in [1.165, 1.54) is 11.1 Å². The van der Waals surface area contributed by atoms with Gasteiger partial charge in [0.1, 0.15) is 6.10 Å². The zero-order valence-corrected chi connectivity index (χ0v) is 16.6. The minimum atomic E-state index is -0.219. The Kier molecular flexibility index (Phi) is 7.10. The molecule has 1 aromatic carbocycles. The second-order valence-electron chi connectivity index (χ2n) is 7.11. The molecule has 2 heterocycles. The lowest BCUT2D eigenvalue weighted by Gasteiger charge is -2.37. The second kappa shape index (κ2) is 9.74. The molecular weight excluding hydrogens is 340 g/mol. The van der Waals surface area contributed by atoms with Crippen LogP contribution in [0.3, 0.4) is 0 Å². The van der Waals surface area contributed by atoms with Crippen LogP contribution in [0, 0.1) is 0 Å². The first-order valence-corrected chi connectivity index (χ1v) is 10.2. The van der Waals surface area contributed by atoms with Crippen molar-refractivity contribution in [1.29, 1.82) is 0 Å². The van der Waals surface area contributed by atoms with Crippen LogP contribution in [0.2, 0.25) is 0 Å². The van der Waals surface area contributed by atoms with Crippen molar-refractivity contribution in [3.8, 4) is 0 Å². The van der Waals surface area contributed by atoms with E-state index in [2.05, 4.69) is 48.3 Å². The summed E-state index contributed by atoms with van der Waals surface area (Å²) in [4.78, 5) is 21.6. The number of hydrogen-bond acceptors (Lipinski definition) is 3. The molecule has 1 unspecified atom stereocenters. The van der Waals surface area contributed by atoms with Gasteiger partial charge in [0.25, 0.3) is 5.91 Å². The second-order valence-corrected chi connectivity index (χ2v) is 7.11. The predicted octanol–water partition coefficient (Wildman–Crippen LogP) is 2.04. The number of nitrogens with zero attached hydrogens (tertiary/aromatic N) is 3. The average Bonchev–Trinajstić information content (AvgIpc) is 3.26. The number of carbonyl (C=O) groups excluding carboxylic acids is 1. The molecule has 0 aromatic heterocycles. The molecule has 2 aliphatic rings. The highest BCUT2D eigenvalue weighted by Gasteiger charge is 2.30. The number of guanidine groups is 1. The van der Waals surface area contributed by atoms with Gasteiger partial charge in [0.05, 0.1) is 6.54 Å². The van der Waals surface area contributed by atoms with Gasteiger partial charge in [-0.2, -0.15) is 0 Å². The lowest BCUT2D eigenvalue weighted by atomic mass is 10.1. The Bertz CT molecular complexity index is 647. The molecule has 0 radical (unpaired) electrons. The average molecular weight is 373 g/mol. The molecule has 148 valence electrons. The van der Waals surface area contributed by atoms with Crippen molar-refractivity contribution in [3.63, 3.8) is 0 Å². The third-order valence-electron chi connectivity index (χ3n) is 5.33. The normalized spacial score (nSPS) is 20.8. The predicted molar refractivity (Wildman–Crippen MR) is 108 cm³/mol. The van der Waals surface area contributed by atoms with Gasteiger partial charge < -0.3 is 19.9 Å². The summed E-state index contributed by atoms with van der Waals surface area (Å²) in [6, 6.07) is 8.49. The molecule has 1 amide bonds. The Morgan fingerprint density at radius 1 is 1.15 bits per heavy atom. The van der Waals surface area contributed by atoms with Crippen molar-refractivity contribution < 1.29 is 9.53 Å². The number of carbonyl (C=O) groups is 1. The summed E-state index contributed by atoms with van der Waals surface area (Å²) in [5.41, 5.74) is 2.63. The maximum absolute atomic E-state index is 12.5. The zero-order valence-electron chi connectivity index (χ0n) is 16.6. The molecule has 1 N–H and O–H groups in total. The lowest BCUT2D eigenvalue weighted by Crippen LogP contribution is -2.55. The Morgan fingerprint density at radius 2 is 1.85 bits per heavy atom. The van der Waals surface area contributed by atoms with E-state index in [0.717, 1.165) is 57.9 Å². The topological polar surface area (TPSA) is 57.2 Å². The van der Waals surface area contributed by atoms with Gasteiger partial charge in [-0.1, -0.05) is 31.2 Å². The van der Waals surface area contributed by atoms with E-state index in [1.54, 1.807) is 0 Å². The van der Waals surface area contributed by atoms with E-state index in [4.69, 9.17) is 9.73 Å². The summed E-state index contributed by atoms with van der Waals surface area (Å²) in [6.07, 6.45) is 2.66. The smallest absolute Gasteiger partial charge is 0.251 e. The Balaban J connectivity index is 1.59. The molecule has 6 heteroatoms. The van der Waals surface area contributed by atoms with Crippen LogP contribution in [0.4, 0.5) is 0 Å². The molecule has 2 saturated heterocycles. The van der Waals surface area contributed by atoms with Gasteiger partial charge in [-0.15, -0.1) is 0 Å². The van der Waals surface area contributed by atoms with Gasteiger partial charge in [0.2, 0.25) is 0 Å². The highest BCUT2D eigenvalue weighted by molar-refractivity contribution is 5.82. The number of rotatable bonds is 5. The summed E-state index contributed by atoms with van der Waals surface area (Å²) in [6.45, 7) is 9.57. The number of amides is 1. The minimum Gasteiger partial charge on any atom is -0.368 e. The molecule has 27 heavy (non-hydrogen) atoms. The van der Waals surface area contributed by atoms with E-state index in [0.29, 0.717) is 13.2 Å². The van der Waals surface area contributed by atoms with Crippen molar-refractivity contribution in [2.45, 2.75) is 45.8 Å². The van der Waals surface area contributed by atoms with E-state index in [1.807, 2.05) is 4.90 Å². The van der Waals surface area contributed by atoms with Crippen LogP contribution in [0.15, 0.2) is 29.3 Å². The standard InChI is InChI=1S/C21H32N4O2/c1-3-17-8-5-6-9-18(17)16-23-21(22-4-2)25-13-11-24(12-14-25)20(26)19-10-7-15-27-19/h5-6,8-9,19H,3-4,7,10-16H2,1-2H3,(H,22,23). The maximum Gasteiger partial charge on any atom is 0.251 e. The van der Waals surface area contributed by atoms with E-state index in [9.17, 15) is 4.79 Å². The molecule has 2 aliphatic heterocycles. The van der Waals surface area contributed by atoms with Crippen LogP contribution in [-0.4, -0.2) is 67.1 Å². The Labute approximate surface area is 162 Å². The molecule has 0 saturated carbocycles. The van der Waals surface area contributed by atoms with Crippen LogP contribution < -0.4 is 5.32 Å². The van der Waals surface area contributed by atoms with Crippen LogP contribution in [-0.2, 0) is 22.5 Å². The highest BCUT2D eigenvalue weighted by atomic mass is 16.5. The first-order chi connectivity index (χ1) is 13.2. The van der Waals surface area contributed by atoms with Crippen molar-refractivity contribution in [1.82, 2.24) is 15.1 Å². The van der Waals surface area contributed by atoms with Crippen LogP contribution in [0.5, 0.6) is 0 Å². The van der Waals surface area contributed by atoms with Gasteiger partial charge in [-0.05, 0) is 37.3 Å². The molecule has 1 atom stereocenters. The minimum absolute atomic E-state index is 0.158. The van der Waals surface area contributed by atoms with Crippen LogP contribution >= 0.6 is 0 Å². The largest absolute Gasteiger partial charge is 0.368 e. The number of benzene rings is 1.